The summed E-state index contributed by atoms with van der Waals surface area (Å²) < 4.78 is 63.7. The highest BCUT2D eigenvalue weighted by Gasteiger charge is 2.46. The minimum atomic E-state index is -5.54. The van der Waals surface area contributed by atoms with E-state index in [1.165, 1.54) is 14.7 Å². The molecule has 0 radical (unpaired) electrons. The van der Waals surface area contributed by atoms with Gasteiger partial charge in [0.1, 0.15) is 5.75 Å². The van der Waals surface area contributed by atoms with Crippen LogP contribution in [0, 0.1) is 5.92 Å². The van der Waals surface area contributed by atoms with E-state index in [1.54, 1.807) is 6.92 Å². The van der Waals surface area contributed by atoms with Gasteiger partial charge in [-0.15, -0.1) is 0 Å². The van der Waals surface area contributed by atoms with Crippen LogP contribution in [0.4, 0.5) is 8.78 Å². The molecule has 1 N–H and O–H groups in total. The molecule has 1 aliphatic carbocycles. The summed E-state index contributed by atoms with van der Waals surface area (Å²) in [7, 11) is -5.74. The van der Waals surface area contributed by atoms with Gasteiger partial charge < -0.3 is 9.47 Å². The van der Waals surface area contributed by atoms with Gasteiger partial charge in [-0.2, -0.15) is 17.2 Å². The Morgan fingerprint density at radius 2 is 1.36 bits per heavy atom. The van der Waals surface area contributed by atoms with Crippen LogP contribution in [0.5, 0.6) is 5.75 Å². The maximum atomic E-state index is 12.7. The third kappa shape index (κ3) is 9.50. The number of alkyl halides is 2. The van der Waals surface area contributed by atoms with E-state index >= 15 is 0 Å². The van der Waals surface area contributed by atoms with Gasteiger partial charge in [0.2, 0.25) is 0 Å². The molecule has 0 amide bonds. The lowest BCUT2D eigenvalue weighted by molar-refractivity contribution is -0.155. The molecule has 0 aromatic heterocycles. The number of esters is 2. The summed E-state index contributed by atoms with van der Waals surface area (Å²) in [6.07, 6.45) is 3.78. The van der Waals surface area contributed by atoms with Gasteiger partial charge in [0.25, 0.3) is 0 Å². The van der Waals surface area contributed by atoms with Crippen molar-refractivity contribution in [3.8, 4) is 5.75 Å². The molecule has 0 bridgehead atoms. The summed E-state index contributed by atoms with van der Waals surface area (Å²) in [6, 6.07) is 28.6. The van der Waals surface area contributed by atoms with Gasteiger partial charge in [0.15, 0.2) is 21.3 Å². The monoisotopic (exact) mass is 619 g/mol. The lowest BCUT2D eigenvalue weighted by Gasteiger charge is -2.21. The minimum Gasteiger partial charge on any atom is -0.458 e. The van der Waals surface area contributed by atoms with Crippen LogP contribution in [0.3, 0.4) is 0 Å². The highest BCUT2D eigenvalue weighted by molar-refractivity contribution is 7.97. The van der Waals surface area contributed by atoms with Crippen LogP contribution in [-0.4, -0.2) is 36.8 Å². The lowest BCUT2D eigenvalue weighted by Crippen LogP contribution is -2.35. The Balaban J connectivity index is 0.000000250. The summed E-state index contributed by atoms with van der Waals surface area (Å²) in [6.45, 7) is 3.60. The Kier molecular flexibility index (Phi) is 11.8. The fourth-order valence-electron chi connectivity index (χ4n) is 4.05. The highest BCUT2D eigenvalue weighted by atomic mass is 32.2. The zero-order chi connectivity index (χ0) is 30.8. The molecule has 1 saturated carbocycles. The van der Waals surface area contributed by atoms with Crippen LogP contribution in [-0.2, 0) is 35.3 Å². The number of hydrogen-bond acceptors (Lipinski definition) is 6. The SMILES string of the molecule is C=C(C)C(=O)Oc1ccc([S+](c2ccccc2)c2ccccc2)cc1.O=C(OCC(F)(F)S(=O)(=O)O)C1CCCCC1. The molecule has 1 aliphatic rings. The third-order valence-electron chi connectivity index (χ3n) is 6.27. The van der Waals surface area contributed by atoms with Gasteiger partial charge in [-0.1, -0.05) is 62.2 Å². The normalized spacial score (nSPS) is 13.9. The van der Waals surface area contributed by atoms with E-state index in [9.17, 15) is 26.8 Å². The second kappa shape index (κ2) is 15.1. The molecule has 0 atom stereocenters. The average molecular weight is 620 g/mol. The predicted molar refractivity (Wildman–Crippen MR) is 156 cm³/mol. The predicted octanol–water partition coefficient (Wildman–Crippen LogP) is 6.85. The van der Waals surface area contributed by atoms with E-state index in [1.807, 2.05) is 36.4 Å². The second-order valence-electron chi connectivity index (χ2n) is 9.63. The van der Waals surface area contributed by atoms with Crippen molar-refractivity contribution in [1.82, 2.24) is 0 Å². The number of halogens is 2. The standard InChI is InChI=1S/C22H19O2S.C9H14F2O5S/c1-17(2)22(23)24-18-13-15-21(16-14-18)25(19-9-5-3-6-10-19)20-11-7-4-8-12-20;10-9(11,17(13,14)15)6-16-8(12)7-4-2-1-3-5-7/h3-16H,1H2,2H3;7H,1-6H2,(H,13,14,15)/q+1;. The van der Waals surface area contributed by atoms with Gasteiger partial charge >= 0.3 is 27.3 Å². The van der Waals surface area contributed by atoms with Gasteiger partial charge in [0.05, 0.1) is 16.8 Å². The highest BCUT2D eigenvalue weighted by Crippen LogP contribution is 2.32. The third-order valence-corrected chi connectivity index (χ3v) is 9.38. The molecule has 0 saturated heterocycles. The first-order valence-corrected chi connectivity index (χ1v) is 15.9. The van der Waals surface area contributed by atoms with E-state index in [0.29, 0.717) is 24.2 Å². The van der Waals surface area contributed by atoms with Crippen molar-refractivity contribution in [3.05, 3.63) is 97.1 Å². The van der Waals surface area contributed by atoms with Gasteiger partial charge in [-0.25, -0.2) is 4.79 Å². The fraction of sp³-hybridized carbons (Fsp3) is 0.290. The first kappa shape index (κ1) is 33.0. The van der Waals surface area contributed by atoms with Gasteiger partial charge in [-0.3, -0.25) is 9.35 Å². The molecule has 4 rings (SSSR count). The molecule has 7 nitrogen and oxygen atoms in total. The Morgan fingerprint density at radius 3 is 1.81 bits per heavy atom. The minimum absolute atomic E-state index is 0.202. The Hall–Kier alpha value is -3.54. The summed E-state index contributed by atoms with van der Waals surface area (Å²) >= 11 is 0. The molecule has 3 aromatic carbocycles. The van der Waals surface area contributed by atoms with Crippen molar-refractivity contribution in [2.45, 2.75) is 59.0 Å². The number of hydrogen-bond donors (Lipinski definition) is 1. The van der Waals surface area contributed by atoms with Crippen molar-refractivity contribution >= 4 is 33.0 Å². The topological polar surface area (TPSA) is 107 Å². The molecular formula is C31H33F2O7S2+. The van der Waals surface area contributed by atoms with Gasteiger partial charge in [0, 0.05) is 5.57 Å². The number of rotatable bonds is 9. The number of carbonyl (C=O) groups excluding carboxylic acids is 2. The van der Waals surface area contributed by atoms with Crippen LogP contribution in [0.25, 0.3) is 0 Å². The maximum absolute atomic E-state index is 12.7. The molecule has 0 unspecified atom stereocenters. The van der Waals surface area contributed by atoms with Crippen LogP contribution in [0.1, 0.15) is 39.0 Å². The van der Waals surface area contributed by atoms with Crippen molar-refractivity contribution in [2.75, 3.05) is 6.61 Å². The van der Waals surface area contributed by atoms with E-state index < -0.39 is 39.8 Å². The summed E-state index contributed by atoms with van der Waals surface area (Å²) in [5, 5.41) is -4.45. The fourth-order valence-corrected chi connectivity index (χ4v) is 6.34. The van der Waals surface area contributed by atoms with Crippen molar-refractivity contribution in [2.24, 2.45) is 5.92 Å². The first-order valence-electron chi connectivity index (χ1n) is 13.2. The lowest BCUT2D eigenvalue weighted by atomic mass is 9.89. The van der Waals surface area contributed by atoms with E-state index in [4.69, 9.17) is 9.29 Å². The Labute approximate surface area is 247 Å². The van der Waals surface area contributed by atoms with Crippen LogP contribution >= 0.6 is 0 Å². The van der Waals surface area contributed by atoms with E-state index in [-0.39, 0.29) is 10.9 Å². The first-order chi connectivity index (χ1) is 19.9. The Morgan fingerprint density at radius 1 is 0.881 bits per heavy atom. The molecule has 42 heavy (non-hydrogen) atoms. The molecule has 0 aliphatic heterocycles. The van der Waals surface area contributed by atoms with Crippen LogP contribution in [0.2, 0.25) is 0 Å². The zero-order valence-electron chi connectivity index (χ0n) is 23.1. The number of benzene rings is 3. The zero-order valence-corrected chi connectivity index (χ0v) is 24.7. The van der Waals surface area contributed by atoms with E-state index in [0.717, 1.165) is 19.3 Å². The van der Waals surface area contributed by atoms with Gasteiger partial charge in [-0.05, 0) is 68.3 Å². The largest absolute Gasteiger partial charge is 0.458 e. The molecular weight excluding hydrogens is 586 g/mol. The van der Waals surface area contributed by atoms with Crippen molar-refractivity contribution in [1.29, 1.82) is 0 Å². The van der Waals surface area contributed by atoms with Crippen LogP contribution in [0.15, 0.2) is 112 Å². The molecule has 3 aromatic rings. The molecule has 1 fully saturated rings. The summed E-state index contributed by atoms with van der Waals surface area (Å²) in [5.74, 6) is -1.15. The van der Waals surface area contributed by atoms with E-state index in [2.05, 4.69) is 59.8 Å². The van der Waals surface area contributed by atoms with Crippen molar-refractivity contribution in [3.63, 3.8) is 0 Å². The molecule has 224 valence electrons. The smallest absolute Gasteiger partial charge is 0.402 e. The molecule has 0 spiro atoms. The number of carbonyl (C=O) groups is 2. The Bertz CT molecular complexity index is 1400. The molecule has 11 heteroatoms. The average Bonchev–Trinajstić information content (AvgIpc) is 2.98. The van der Waals surface area contributed by atoms with Crippen molar-refractivity contribution < 1.29 is 40.8 Å². The quantitative estimate of drug-likeness (QED) is 0.0918. The van der Waals surface area contributed by atoms with Crippen LogP contribution < -0.4 is 4.74 Å². The molecule has 0 heterocycles. The second-order valence-corrected chi connectivity index (χ2v) is 13.2. The number of ether oxygens (including phenoxy) is 2. The summed E-state index contributed by atoms with van der Waals surface area (Å²) in [4.78, 5) is 26.7. The summed E-state index contributed by atoms with van der Waals surface area (Å²) in [5.41, 5.74) is 0.386. The maximum Gasteiger partial charge on any atom is 0.402 e.